The number of hydrogen-bond donors (Lipinski definition) is 1. The van der Waals surface area contributed by atoms with Crippen LogP contribution in [0.3, 0.4) is 0 Å². The molecule has 0 bridgehead atoms. The minimum absolute atomic E-state index is 0.211. The van der Waals surface area contributed by atoms with Crippen molar-refractivity contribution in [1.29, 1.82) is 0 Å². The van der Waals surface area contributed by atoms with E-state index in [4.69, 9.17) is 0 Å². The maximum atomic E-state index is 4.47. The molecule has 0 fully saturated rings. The van der Waals surface area contributed by atoms with Crippen LogP contribution in [0, 0.1) is 6.92 Å². The fourth-order valence-electron chi connectivity index (χ4n) is 2.44. The van der Waals surface area contributed by atoms with Gasteiger partial charge < -0.3 is 5.32 Å². The Hall–Kier alpha value is -1.13. The van der Waals surface area contributed by atoms with Crippen LogP contribution in [0.5, 0.6) is 0 Å². The average Bonchev–Trinajstić information content (AvgIpc) is 2.92. The van der Waals surface area contributed by atoms with Crippen LogP contribution in [0.25, 0.3) is 0 Å². The number of hydrogen-bond acceptors (Lipinski definition) is 2. The van der Waals surface area contributed by atoms with Gasteiger partial charge in [0.2, 0.25) is 0 Å². The molecule has 114 valence electrons. The Morgan fingerprint density at radius 3 is 2.71 bits per heavy atom. The second-order valence-electron chi connectivity index (χ2n) is 5.43. The fraction of sp³-hybridized carbons (Fsp3) is 0.471. The average molecular weight is 350 g/mol. The molecule has 2 aromatic rings. The highest BCUT2D eigenvalue weighted by molar-refractivity contribution is 9.10. The molecule has 0 saturated carbocycles. The smallest absolute Gasteiger partial charge is 0.0608 e. The van der Waals surface area contributed by atoms with Crippen molar-refractivity contribution in [3.63, 3.8) is 0 Å². The quantitative estimate of drug-likeness (QED) is 0.799. The Balaban J connectivity index is 2.29. The number of nitrogens with zero attached hydrogens (tertiary/aromatic N) is 2. The molecule has 21 heavy (non-hydrogen) atoms. The highest BCUT2D eigenvalue weighted by Crippen LogP contribution is 2.26. The maximum absolute atomic E-state index is 4.47. The molecule has 1 unspecified atom stereocenters. The standard InChI is InChI=1S/C17H24BrN3/c1-4-8-19-17(14-6-7-16(18)13(3)10-14)15-11-20-21(12-15)9-5-2/h6-7,10-12,17,19H,4-5,8-9H2,1-3H3. The summed E-state index contributed by atoms with van der Waals surface area (Å²) in [6.07, 6.45) is 6.37. The second-order valence-corrected chi connectivity index (χ2v) is 6.29. The Morgan fingerprint density at radius 1 is 1.24 bits per heavy atom. The number of rotatable bonds is 7. The summed E-state index contributed by atoms with van der Waals surface area (Å²) in [5.74, 6) is 0. The summed E-state index contributed by atoms with van der Waals surface area (Å²) in [5, 5.41) is 8.10. The number of aryl methyl sites for hydroxylation is 2. The fourth-order valence-corrected chi connectivity index (χ4v) is 2.69. The van der Waals surface area contributed by atoms with Crippen LogP contribution in [0.2, 0.25) is 0 Å². The molecular weight excluding hydrogens is 326 g/mol. The lowest BCUT2D eigenvalue weighted by molar-refractivity contribution is 0.588. The molecule has 2 rings (SSSR count). The third-order valence-electron chi connectivity index (χ3n) is 3.55. The predicted molar refractivity (Wildman–Crippen MR) is 91.5 cm³/mol. The summed E-state index contributed by atoms with van der Waals surface area (Å²) >= 11 is 3.58. The van der Waals surface area contributed by atoms with Crippen LogP contribution in [-0.2, 0) is 6.54 Å². The van der Waals surface area contributed by atoms with Gasteiger partial charge in [-0.25, -0.2) is 0 Å². The number of aromatic nitrogens is 2. The van der Waals surface area contributed by atoms with E-state index in [1.807, 2.05) is 10.9 Å². The molecule has 0 aliphatic carbocycles. The molecule has 1 aromatic heterocycles. The van der Waals surface area contributed by atoms with Crippen LogP contribution in [0.1, 0.15) is 49.4 Å². The van der Waals surface area contributed by atoms with E-state index in [0.29, 0.717) is 0 Å². The predicted octanol–water partition coefficient (Wildman–Crippen LogP) is 4.45. The van der Waals surface area contributed by atoms with E-state index in [0.717, 1.165) is 30.4 Å². The number of halogens is 1. The largest absolute Gasteiger partial charge is 0.306 e. The summed E-state index contributed by atoms with van der Waals surface area (Å²) in [7, 11) is 0. The van der Waals surface area contributed by atoms with Gasteiger partial charge >= 0.3 is 0 Å². The van der Waals surface area contributed by atoms with Gasteiger partial charge in [0, 0.05) is 22.8 Å². The lowest BCUT2D eigenvalue weighted by atomic mass is 9.99. The number of benzene rings is 1. The van der Waals surface area contributed by atoms with Crippen LogP contribution in [-0.4, -0.2) is 16.3 Å². The van der Waals surface area contributed by atoms with Crippen molar-refractivity contribution in [1.82, 2.24) is 15.1 Å². The van der Waals surface area contributed by atoms with E-state index in [-0.39, 0.29) is 6.04 Å². The molecule has 0 spiro atoms. The summed E-state index contributed by atoms with van der Waals surface area (Å²) in [5.41, 5.74) is 3.79. The number of nitrogens with one attached hydrogen (secondary N) is 1. The zero-order valence-corrected chi connectivity index (χ0v) is 14.7. The first-order valence-electron chi connectivity index (χ1n) is 7.67. The highest BCUT2D eigenvalue weighted by atomic mass is 79.9. The molecule has 1 N–H and O–H groups in total. The van der Waals surface area contributed by atoms with Crippen molar-refractivity contribution >= 4 is 15.9 Å². The molecule has 1 aromatic carbocycles. The Labute approximate surface area is 135 Å². The minimum Gasteiger partial charge on any atom is -0.306 e. The van der Waals surface area contributed by atoms with Crippen molar-refractivity contribution < 1.29 is 0 Å². The van der Waals surface area contributed by atoms with Gasteiger partial charge in [-0.1, -0.05) is 41.9 Å². The lowest BCUT2D eigenvalue weighted by Gasteiger charge is -2.18. The van der Waals surface area contributed by atoms with Gasteiger partial charge in [-0.3, -0.25) is 4.68 Å². The third kappa shape index (κ3) is 4.17. The van der Waals surface area contributed by atoms with E-state index < -0.39 is 0 Å². The van der Waals surface area contributed by atoms with Gasteiger partial charge in [-0.2, -0.15) is 5.10 Å². The first-order chi connectivity index (χ1) is 10.2. The van der Waals surface area contributed by atoms with Gasteiger partial charge in [0.1, 0.15) is 0 Å². The van der Waals surface area contributed by atoms with Crippen LogP contribution in [0.15, 0.2) is 35.1 Å². The van der Waals surface area contributed by atoms with E-state index in [1.165, 1.54) is 16.7 Å². The van der Waals surface area contributed by atoms with Gasteiger partial charge in [0.25, 0.3) is 0 Å². The van der Waals surface area contributed by atoms with E-state index >= 15 is 0 Å². The summed E-state index contributed by atoms with van der Waals surface area (Å²) in [4.78, 5) is 0. The Kier molecular flexibility index (Phi) is 6.00. The van der Waals surface area contributed by atoms with Crippen LogP contribution in [0.4, 0.5) is 0 Å². The minimum atomic E-state index is 0.211. The van der Waals surface area contributed by atoms with Crippen molar-refractivity contribution in [2.45, 2.75) is 46.2 Å². The van der Waals surface area contributed by atoms with Crippen LogP contribution >= 0.6 is 15.9 Å². The highest BCUT2D eigenvalue weighted by Gasteiger charge is 2.16. The molecule has 0 amide bonds. The van der Waals surface area contributed by atoms with Gasteiger partial charge in [-0.05, 0) is 43.5 Å². The van der Waals surface area contributed by atoms with Gasteiger partial charge in [-0.15, -0.1) is 0 Å². The molecule has 0 aliphatic rings. The third-order valence-corrected chi connectivity index (χ3v) is 4.44. The first kappa shape index (κ1) is 16.2. The van der Waals surface area contributed by atoms with E-state index in [9.17, 15) is 0 Å². The maximum Gasteiger partial charge on any atom is 0.0608 e. The van der Waals surface area contributed by atoms with E-state index in [1.54, 1.807) is 0 Å². The molecule has 0 saturated heterocycles. The summed E-state index contributed by atoms with van der Waals surface area (Å²) in [6, 6.07) is 6.76. The normalized spacial score (nSPS) is 12.6. The topological polar surface area (TPSA) is 29.9 Å². The first-order valence-corrected chi connectivity index (χ1v) is 8.46. The monoisotopic (exact) mass is 349 g/mol. The Morgan fingerprint density at radius 2 is 2.05 bits per heavy atom. The van der Waals surface area contributed by atoms with Crippen molar-refractivity contribution in [2.75, 3.05) is 6.54 Å². The second kappa shape index (κ2) is 7.76. The van der Waals surface area contributed by atoms with Crippen molar-refractivity contribution in [3.05, 3.63) is 51.8 Å². The molecule has 1 atom stereocenters. The zero-order valence-electron chi connectivity index (χ0n) is 13.1. The Bertz CT molecular complexity index is 577. The van der Waals surface area contributed by atoms with Gasteiger partial charge in [0.15, 0.2) is 0 Å². The van der Waals surface area contributed by atoms with E-state index in [2.05, 4.69) is 71.5 Å². The molecular formula is C17H24BrN3. The van der Waals surface area contributed by atoms with Crippen LogP contribution < -0.4 is 5.32 Å². The lowest BCUT2D eigenvalue weighted by Crippen LogP contribution is -2.23. The van der Waals surface area contributed by atoms with Crippen molar-refractivity contribution in [3.8, 4) is 0 Å². The molecule has 4 heteroatoms. The SMILES string of the molecule is CCCNC(c1ccc(Br)c(C)c1)c1cnn(CCC)c1. The molecule has 3 nitrogen and oxygen atoms in total. The van der Waals surface area contributed by atoms with Gasteiger partial charge in [0.05, 0.1) is 12.2 Å². The molecule has 0 aliphatic heterocycles. The summed E-state index contributed by atoms with van der Waals surface area (Å²) < 4.78 is 3.18. The van der Waals surface area contributed by atoms with Crippen molar-refractivity contribution in [2.24, 2.45) is 0 Å². The summed E-state index contributed by atoms with van der Waals surface area (Å²) in [6.45, 7) is 8.47. The zero-order chi connectivity index (χ0) is 15.2. The molecule has 1 heterocycles. The molecule has 0 radical (unpaired) electrons.